The molecule has 0 spiro atoms. The number of benzene rings is 1. The summed E-state index contributed by atoms with van der Waals surface area (Å²) in [5, 5.41) is 9.67. The molecule has 0 aliphatic carbocycles. The molecule has 7 heteroatoms. The van der Waals surface area contributed by atoms with Crippen LogP contribution in [-0.2, 0) is 0 Å². The van der Waals surface area contributed by atoms with Crippen molar-refractivity contribution in [2.24, 2.45) is 5.92 Å². The van der Waals surface area contributed by atoms with Crippen molar-refractivity contribution >= 4 is 5.91 Å². The maximum absolute atomic E-state index is 13.5. The van der Waals surface area contributed by atoms with Crippen molar-refractivity contribution < 1.29 is 27.5 Å². The van der Waals surface area contributed by atoms with Crippen molar-refractivity contribution in [2.45, 2.75) is 19.4 Å². The molecule has 2 rings (SSSR count). The zero-order valence-corrected chi connectivity index (χ0v) is 10.7. The molecule has 1 aromatic carbocycles. The van der Waals surface area contributed by atoms with Crippen molar-refractivity contribution in [2.75, 3.05) is 13.1 Å². The van der Waals surface area contributed by atoms with Crippen LogP contribution in [0.4, 0.5) is 17.6 Å². The monoisotopic (exact) mass is 291 g/mol. The van der Waals surface area contributed by atoms with E-state index in [2.05, 4.69) is 0 Å². The van der Waals surface area contributed by atoms with Crippen LogP contribution < -0.4 is 0 Å². The number of likely N-dealkylation sites (tertiary alicyclic amines) is 1. The van der Waals surface area contributed by atoms with Gasteiger partial charge in [-0.25, -0.2) is 17.6 Å². The minimum Gasteiger partial charge on any atom is -0.391 e. The van der Waals surface area contributed by atoms with Crippen LogP contribution in [0.1, 0.15) is 23.7 Å². The zero-order chi connectivity index (χ0) is 15.0. The van der Waals surface area contributed by atoms with Crippen LogP contribution in [0.25, 0.3) is 0 Å². The molecule has 1 aromatic rings. The summed E-state index contributed by atoms with van der Waals surface area (Å²) in [6.45, 7) is 1.97. The number of hydrogen-bond donors (Lipinski definition) is 1. The van der Waals surface area contributed by atoms with Crippen LogP contribution in [0.15, 0.2) is 6.07 Å². The van der Waals surface area contributed by atoms with E-state index in [0.29, 0.717) is 12.5 Å². The third kappa shape index (κ3) is 2.49. The van der Waals surface area contributed by atoms with Crippen LogP contribution in [0.2, 0.25) is 0 Å². The smallest absolute Gasteiger partial charge is 0.257 e. The highest BCUT2D eigenvalue weighted by Gasteiger charge is 2.31. The lowest BCUT2D eigenvalue weighted by Crippen LogP contribution is -2.46. The van der Waals surface area contributed by atoms with Crippen LogP contribution in [0.5, 0.6) is 0 Å². The molecule has 20 heavy (non-hydrogen) atoms. The molecule has 1 heterocycles. The van der Waals surface area contributed by atoms with Gasteiger partial charge in [0.25, 0.3) is 5.91 Å². The number of hydrogen-bond acceptors (Lipinski definition) is 2. The number of carbonyl (C=O) groups excluding carboxylic acids is 1. The predicted molar refractivity (Wildman–Crippen MR) is 62.0 cm³/mol. The molecule has 1 N–H and O–H groups in total. The molecule has 1 aliphatic heterocycles. The molecule has 1 fully saturated rings. The number of nitrogens with zero attached hydrogens (tertiary/aromatic N) is 1. The van der Waals surface area contributed by atoms with Crippen molar-refractivity contribution in [3.63, 3.8) is 0 Å². The van der Waals surface area contributed by atoms with Gasteiger partial charge in [0.2, 0.25) is 0 Å². The molecule has 1 saturated heterocycles. The van der Waals surface area contributed by atoms with E-state index < -0.39 is 40.8 Å². The van der Waals surface area contributed by atoms with Gasteiger partial charge in [-0.3, -0.25) is 4.79 Å². The van der Waals surface area contributed by atoms with Gasteiger partial charge in [-0.15, -0.1) is 0 Å². The van der Waals surface area contributed by atoms with Crippen LogP contribution in [0, 0.1) is 29.2 Å². The van der Waals surface area contributed by atoms with E-state index in [0.717, 1.165) is 4.90 Å². The first-order valence-electron chi connectivity index (χ1n) is 6.13. The standard InChI is InChI=1S/C13H13F4NO2/c1-6-2-3-18(5-9(6)19)13(20)7-4-8(14)11(16)12(17)10(7)15/h4,6,9,19H,2-3,5H2,1H3. The molecule has 1 amide bonds. The average molecular weight is 291 g/mol. The first-order valence-corrected chi connectivity index (χ1v) is 6.13. The number of piperidine rings is 1. The summed E-state index contributed by atoms with van der Waals surface area (Å²) >= 11 is 0. The van der Waals surface area contributed by atoms with Crippen LogP contribution in [0.3, 0.4) is 0 Å². The van der Waals surface area contributed by atoms with Gasteiger partial charge in [-0.1, -0.05) is 6.92 Å². The van der Waals surface area contributed by atoms with Gasteiger partial charge < -0.3 is 10.0 Å². The second-order valence-corrected chi connectivity index (χ2v) is 4.93. The molecule has 2 unspecified atom stereocenters. The largest absolute Gasteiger partial charge is 0.391 e. The number of aliphatic hydroxyl groups excluding tert-OH is 1. The highest BCUT2D eigenvalue weighted by molar-refractivity contribution is 5.94. The Labute approximate surface area is 112 Å². The SMILES string of the molecule is CC1CCN(C(=O)c2cc(F)c(F)c(F)c2F)CC1O. The molecule has 0 saturated carbocycles. The van der Waals surface area contributed by atoms with E-state index in [9.17, 15) is 27.5 Å². The summed E-state index contributed by atoms with van der Waals surface area (Å²) in [5.74, 6) is -8.30. The average Bonchev–Trinajstić information content (AvgIpc) is 2.43. The predicted octanol–water partition coefficient (Wildman–Crippen LogP) is 2.09. The minimum atomic E-state index is -2.01. The molecule has 110 valence electrons. The van der Waals surface area contributed by atoms with Gasteiger partial charge >= 0.3 is 0 Å². The van der Waals surface area contributed by atoms with Crippen molar-refractivity contribution in [1.29, 1.82) is 0 Å². The van der Waals surface area contributed by atoms with Crippen LogP contribution >= 0.6 is 0 Å². The Balaban J connectivity index is 2.30. The Kier molecular flexibility index (Phi) is 3.99. The lowest BCUT2D eigenvalue weighted by molar-refractivity contribution is 0.0245. The Morgan fingerprint density at radius 3 is 2.50 bits per heavy atom. The Morgan fingerprint density at radius 1 is 1.25 bits per heavy atom. The quantitative estimate of drug-likeness (QED) is 0.489. The second-order valence-electron chi connectivity index (χ2n) is 4.93. The summed E-state index contributed by atoms with van der Waals surface area (Å²) in [6, 6.07) is 0.334. The summed E-state index contributed by atoms with van der Waals surface area (Å²) < 4.78 is 52.6. The van der Waals surface area contributed by atoms with Crippen molar-refractivity contribution in [3.05, 3.63) is 34.9 Å². The number of amides is 1. The number of halogens is 4. The summed E-state index contributed by atoms with van der Waals surface area (Å²) in [6.07, 6.45) is -0.299. The fourth-order valence-corrected chi connectivity index (χ4v) is 2.13. The Morgan fingerprint density at radius 2 is 1.90 bits per heavy atom. The van der Waals surface area contributed by atoms with Crippen molar-refractivity contribution in [3.8, 4) is 0 Å². The molecule has 0 aromatic heterocycles. The Bertz CT molecular complexity index is 550. The number of β-amino-alcohol motifs (C(OH)–C–C–N with tert-alkyl or cyclic N) is 1. The zero-order valence-electron chi connectivity index (χ0n) is 10.7. The summed E-state index contributed by atoms with van der Waals surface area (Å²) in [7, 11) is 0. The van der Waals surface area contributed by atoms with Crippen LogP contribution in [-0.4, -0.2) is 35.1 Å². The Hall–Kier alpha value is -1.63. The lowest BCUT2D eigenvalue weighted by Gasteiger charge is -2.34. The highest BCUT2D eigenvalue weighted by atomic mass is 19.2. The van der Waals surface area contributed by atoms with E-state index in [1.54, 1.807) is 6.92 Å². The fourth-order valence-electron chi connectivity index (χ4n) is 2.13. The summed E-state index contributed by atoms with van der Waals surface area (Å²) in [5.41, 5.74) is -0.872. The highest BCUT2D eigenvalue weighted by Crippen LogP contribution is 2.23. The maximum Gasteiger partial charge on any atom is 0.257 e. The van der Waals surface area contributed by atoms with E-state index >= 15 is 0 Å². The topological polar surface area (TPSA) is 40.5 Å². The number of carbonyl (C=O) groups is 1. The summed E-state index contributed by atoms with van der Waals surface area (Å²) in [4.78, 5) is 13.1. The number of rotatable bonds is 1. The van der Waals surface area contributed by atoms with Gasteiger partial charge in [0.15, 0.2) is 23.3 Å². The maximum atomic E-state index is 13.5. The first-order chi connectivity index (χ1) is 9.32. The van der Waals surface area contributed by atoms with E-state index in [1.807, 2.05) is 0 Å². The first kappa shape index (κ1) is 14.8. The molecule has 0 bridgehead atoms. The van der Waals surface area contributed by atoms with Gasteiger partial charge in [0.1, 0.15) is 0 Å². The van der Waals surface area contributed by atoms with Gasteiger partial charge in [-0.2, -0.15) is 0 Å². The molecule has 3 nitrogen and oxygen atoms in total. The van der Waals surface area contributed by atoms with Crippen molar-refractivity contribution in [1.82, 2.24) is 4.90 Å². The number of aliphatic hydroxyl groups is 1. The third-order valence-electron chi connectivity index (χ3n) is 3.54. The lowest BCUT2D eigenvalue weighted by atomic mass is 9.95. The van der Waals surface area contributed by atoms with E-state index in [1.165, 1.54) is 0 Å². The molecule has 1 aliphatic rings. The third-order valence-corrected chi connectivity index (χ3v) is 3.54. The van der Waals surface area contributed by atoms with E-state index in [-0.39, 0.29) is 19.0 Å². The van der Waals surface area contributed by atoms with Gasteiger partial charge in [-0.05, 0) is 18.4 Å². The minimum absolute atomic E-state index is 0.0226. The molecule has 0 radical (unpaired) electrons. The van der Waals surface area contributed by atoms with Gasteiger partial charge in [0.05, 0.1) is 11.7 Å². The second kappa shape index (κ2) is 5.40. The molecular formula is C13H13F4NO2. The van der Waals surface area contributed by atoms with E-state index in [4.69, 9.17) is 0 Å². The van der Waals surface area contributed by atoms with Gasteiger partial charge in [0, 0.05) is 13.1 Å². The normalized spacial score (nSPS) is 23.0. The molecule has 2 atom stereocenters. The fraction of sp³-hybridized carbons (Fsp3) is 0.462. The molecular weight excluding hydrogens is 278 g/mol.